The van der Waals surface area contributed by atoms with Crippen molar-refractivity contribution in [1.82, 2.24) is 4.98 Å². The van der Waals surface area contributed by atoms with Gasteiger partial charge in [0.05, 0.1) is 11.1 Å². The Morgan fingerprint density at radius 2 is 1.44 bits per heavy atom. The number of anilines is 2. The van der Waals surface area contributed by atoms with Crippen molar-refractivity contribution in [2.45, 2.75) is 20.8 Å². The number of carbonyl (C=O) groups excluding carboxylic acids is 2. The van der Waals surface area contributed by atoms with Gasteiger partial charge in [-0.3, -0.25) is 14.6 Å². The molecule has 2 aromatic carbocycles. The first-order chi connectivity index (χ1) is 12.9. The number of benzene rings is 2. The van der Waals surface area contributed by atoms with Crippen LogP contribution in [-0.4, -0.2) is 16.8 Å². The topological polar surface area (TPSA) is 71.1 Å². The fraction of sp³-hybridized carbons (Fsp3) is 0.136. The summed E-state index contributed by atoms with van der Waals surface area (Å²) in [4.78, 5) is 29.1. The molecule has 2 amide bonds. The minimum atomic E-state index is -0.311. The molecule has 0 spiro atoms. The Kier molecular flexibility index (Phi) is 5.31. The van der Waals surface area contributed by atoms with E-state index >= 15 is 0 Å². The van der Waals surface area contributed by atoms with E-state index in [4.69, 9.17) is 0 Å². The van der Waals surface area contributed by atoms with E-state index in [-0.39, 0.29) is 11.8 Å². The molecule has 0 aliphatic carbocycles. The van der Waals surface area contributed by atoms with Crippen LogP contribution in [0.1, 0.15) is 37.4 Å². The molecular weight excluding hydrogens is 338 g/mol. The van der Waals surface area contributed by atoms with Crippen molar-refractivity contribution >= 4 is 23.2 Å². The lowest BCUT2D eigenvalue weighted by atomic mass is 10.1. The highest BCUT2D eigenvalue weighted by Gasteiger charge is 2.13. The summed E-state index contributed by atoms with van der Waals surface area (Å²) in [6, 6.07) is 14.9. The second-order valence-electron chi connectivity index (χ2n) is 6.56. The van der Waals surface area contributed by atoms with Gasteiger partial charge in [0.1, 0.15) is 0 Å². The Morgan fingerprint density at radius 3 is 2.11 bits per heavy atom. The molecule has 1 aromatic heterocycles. The van der Waals surface area contributed by atoms with Gasteiger partial charge in [0, 0.05) is 23.8 Å². The van der Waals surface area contributed by atoms with Crippen LogP contribution in [0.5, 0.6) is 0 Å². The number of rotatable bonds is 4. The largest absolute Gasteiger partial charge is 0.322 e. The molecule has 0 fully saturated rings. The molecule has 0 atom stereocenters. The Morgan fingerprint density at radius 1 is 0.778 bits per heavy atom. The summed E-state index contributed by atoms with van der Waals surface area (Å²) >= 11 is 0. The monoisotopic (exact) mass is 359 g/mol. The van der Waals surface area contributed by atoms with Crippen molar-refractivity contribution < 1.29 is 9.59 Å². The molecule has 0 radical (unpaired) electrons. The summed E-state index contributed by atoms with van der Waals surface area (Å²) < 4.78 is 0. The molecule has 3 aromatic rings. The molecule has 27 heavy (non-hydrogen) atoms. The summed E-state index contributed by atoms with van der Waals surface area (Å²) in [5, 5.41) is 5.69. The van der Waals surface area contributed by atoms with Crippen LogP contribution in [0.15, 0.2) is 60.9 Å². The van der Waals surface area contributed by atoms with Gasteiger partial charge in [-0.1, -0.05) is 29.8 Å². The fourth-order valence-corrected chi connectivity index (χ4v) is 2.76. The van der Waals surface area contributed by atoms with E-state index in [1.165, 1.54) is 18.5 Å². The first-order valence-electron chi connectivity index (χ1n) is 8.64. The average Bonchev–Trinajstić information content (AvgIpc) is 2.64. The van der Waals surface area contributed by atoms with Gasteiger partial charge in [-0.15, -0.1) is 0 Å². The minimum absolute atomic E-state index is 0.306. The zero-order chi connectivity index (χ0) is 19.4. The van der Waals surface area contributed by atoms with Gasteiger partial charge in [0.15, 0.2) is 0 Å². The minimum Gasteiger partial charge on any atom is -0.322 e. The zero-order valence-corrected chi connectivity index (χ0v) is 15.5. The van der Waals surface area contributed by atoms with Gasteiger partial charge < -0.3 is 10.6 Å². The van der Waals surface area contributed by atoms with Gasteiger partial charge in [0.2, 0.25) is 0 Å². The molecule has 2 N–H and O–H groups in total. The lowest BCUT2D eigenvalue weighted by Crippen LogP contribution is -2.16. The highest BCUT2D eigenvalue weighted by molar-refractivity contribution is 6.08. The van der Waals surface area contributed by atoms with Crippen LogP contribution in [0.3, 0.4) is 0 Å². The first-order valence-corrected chi connectivity index (χ1v) is 8.64. The molecule has 5 heteroatoms. The van der Waals surface area contributed by atoms with E-state index < -0.39 is 0 Å². The van der Waals surface area contributed by atoms with E-state index in [1.54, 1.807) is 0 Å². The summed E-state index contributed by atoms with van der Waals surface area (Å²) in [7, 11) is 0. The van der Waals surface area contributed by atoms with Gasteiger partial charge >= 0.3 is 0 Å². The second-order valence-corrected chi connectivity index (χ2v) is 6.56. The van der Waals surface area contributed by atoms with Crippen molar-refractivity contribution in [3.05, 3.63) is 88.7 Å². The number of carbonyl (C=O) groups is 2. The molecule has 0 saturated heterocycles. The van der Waals surface area contributed by atoms with Crippen LogP contribution < -0.4 is 10.6 Å². The molecule has 0 aliphatic rings. The third-order valence-electron chi connectivity index (χ3n) is 4.17. The maximum absolute atomic E-state index is 12.5. The van der Waals surface area contributed by atoms with Crippen LogP contribution in [0, 0.1) is 20.8 Å². The van der Waals surface area contributed by atoms with E-state index in [2.05, 4.69) is 15.6 Å². The molecule has 3 rings (SSSR count). The third-order valence-corrected chi connectivity index (χ3v) is 4.17. The van der Waals surface area contributed by atoms with Crippen molar-refractivity contribution in [1.29, 1.82) is 0 Å². The Bertz CT molecular complexity index is 1010. The summed E-state index contributed by atoms with van der Waals surface area (Å²) in [6.07, 6.45) is 2.89. The molecule has 0 saturated carbocycles. The van der Waals surface area contributed by atoms with Gasteiger partial charge in [-0.25, -0.2) is 0 Å². The van der Waals surface area contributed by atoms with Gasteiger partial charge in [-0.05, 0) is 56.2 Å². The number of pyridine rings is 1. The molecule has 0 aliphatic heterocycles. The fourth-order valence-electron chi connectivity index (χ4n) is 2.76. The van der Waals surface area contributed by atoms with Crippen LogP contribution in [0.25, 0.3) is 0 Å². The van der Waals surface area contributed by atoms with E-state index in [1.807, 2.05) is 63.2 Å². The number of nitrogens with zero attached hydrogens (tertiary/aromatic N) is 1. The SMILES string of the molecule is Cc1cccc(NC(=O)c2cncc(C(=O)Nc3ccc(C)cc3C)c2)c1. The standard InChI is InChI=1S/C22H21N3O2/c1-14-5-4-6-19(10-14)24-21(26)17-11-18(13-23-12-17)22(27)25-20-8-7-15(2)9-16(20)3/h4-13H,1-3H3,(H,24,26)(H,25,27). The lowest BCUT2D eigenvalue weighted by Gasteiger charge is -2.10. The summed E-state index contributed by atoms with van der Waals surface area (Å²) in [5.41, 5.74) is 5.24. The molecule has 136 valence electrons. The quantitative estimate of drug-likeness (QED) is 0.720. The number of hydrogen-bond acceptors (Lipinski definition) is 3. The highest BCUT2D eigenvalue weighted by atomic mass is 16.2. The molecule has 0 bridgehead atoms. The Labute approximate surface area is 158 Å². The molecular formula is C22H21N3O2. The molecule has 1 heterocycles. The zero-order valence-electron chi connectivity index (χ0n) is 15.5. The Hall–Kier alpha value is -3.47. The first kappa shape index (κ1) is 18.3. The number of nitrogens with one attached hydrogen (secondary N) is 2. The number of hydrogen-bond donors (Lipinski definition) is 2. The summed E-state index contributed by atoms with van der Waals surface area (Å²) in [6.45, 7) is 5.89. The van der Waals surface area contributed by atoms with Crippen molar-refractivity contribution in [3.63, 3.8) is 0 Å². The van der Waals surface area contributed by atoms with Gasteiger partial charge in [0.25, 0.3) is 11.8 Å². The lowest BCUT2D eigenvalue weighted by molar-refractivity contribution is 0.102. The highest BCUT2D eigenvalue weighted by Crippen LogP contribution is 2.17. The second kappa shape index (κ2) is 7.83. The van der Waals surface area contributed by atoms with Crippen LogP contribution in [0.2, 0.25) is 0 Å². The third kappa shape index (κ3) is 4.58. The van der Waals surface area contributed by atoms with Crippen LogP contribution >= 0.6 is 0 Å². The molecule has 5 nitrogen and oxygen atoms in total. The maximum atomic E-state index is 12.5. The van der Waals surface area contributed by atoms with E-state index in [0.717, 1.165) is 22.4 Å². The maximum Gasteiger partial charge on any atom is 0.257 e. The number of aromatic nitrogens is 1. The molecule has 0 unspecified atom stereocenters. The van der Waals surface area contributed by atoms with E-state index in [9.17, 15) is 9.59 Å². The van der Waals surface area contributed by atoms with Crippen LogP contribution in [-0.2, 0) is 0 Å². The van der Waals surface area contributed by atoms with Crippen molar-refractivity contribution in [2.24, 2.45) is 0 Å². The number of aryl methyl sites for hydroxylation is 3. The van der Waals surface area contributed by atoms with E-state index in [0.29, 0.717) is 16.8 Å². The Balaban J connectivity index is 1.76. The van der Waals surface area contributed by atoms with Crippen LogP contribution in [0.4, 0.5) is 11.4 Å². The normalized spacial score (nSPS) is 10.3. The number of amides is 2. The predicted octanol–water partition coefficient (Wildman–Crippen LogP) is 4.51. The summed E-state index contributed by atoms with van der Waals surface area (Å²) in [5.74, 6) is -0.617. The predicted molar refractivity (Wildman–Crippen MR) is 107 cm³/mol. The van der Waals surface area contributed by atoms with Gasteiger partial charge in [-0.2, -0.15) is 0 Å². The van der Waals surface area contributed by atoms with Crippen molar-refractivity contribution in [3.8, 4) is 0 Å². The smallest absolute Gasteiger partial charge is 0.257 e. The average molecular weight is 359 g/mol. The van der Waals surface area contributed by atoms with Crippen molar-refractivity contribution in [2.75, 3.05) is 10.6 Å².